The first-order valence-electron chi connectivity index (χ1n) is 7.46. The third kappa shape index (κ3) is 3.61. The van der Waals surface area contributed by atoms with Gasteiger partial charge in [-0.2, -0.15) is 0 Å². The van der Waals surface area contributed by atoms with Gasteiger partial charge in [-0.25, -0.2) is 4.79 Å². The molecule has 2 heterocycles. The van der Waals surface area contributed by atoms with Crippen molar-refractivity contribution in [3.05, 3.63) is 16.0 Å². The Balaban J connectivity index is 2.23. The SMILES string of the molecule is CC(=O)Nc1sc2c(c1C)C(C)CN(C(=O)OC(C)(C)C)C2. The molecule has 0 saturated heterocycles. The third-order valence-corrected chi connectivity index (χ3v) is 4.74. The highest BCUT2D eigenvalue weighted by Gasteiger charge is 2.32. The molecule has 6 heteroatoms. The van der Waals surface area contributed by atoms with Crippen LogP contribution in [0.3, 0.4) is 0 Å². The number of fused-ring (bicyclic) bond motifs is 1. The summed E-state index contributed by atoms with van der Waals surface area (Å²) in [6.45, 7) is 12.4. The normalized spacial score (nSPS) is 17.9. The first-order chi connectivity index (χ1) is 10.1. The number of thiophene rings is 1. The fourth-order valence-corrected chi connectivity index (χ4v) is 4.14. The summed E-state index contributed by atoms with van der Waals surface area (Å²) in [4.78, 5) is 26.4. The summed E-state index contributed by atoms with van der Waals surface area (Å²) in [5, 5.41) is 3.76. The highest BCUT2D eigenvalue weighted by molar-refractivity contribution is 7.16. The predicted molar refractivity (Wildman–Crippen MR) is 88.4 cm³/mol. The molecule has 0 aliphatic carbocycles. The van der Waals surface area contributed by atoms with Crippen molar-refractivity contribution in [1.29, 1.82) is 0 Å². The number of carbonyl (C=O) groups excluding carboxylic acids is 2. The zero-order valence-electron chi connectivity index (χ0n) is 14.1. The summed E-state index contributed by atoms with van der Waals surface area (Å²) < 4.78 is 5.46. The number of amides is 2. The molecule has 0 aromatic carbocycles. The number of hydrogen-bond acceptors (Lipinski definition) is 4. The number of nitrogens with zero attached hydrogens (tertiary/aromatic N) is 1. The van der Waals surface area contributed by atoms with Crippen LogP contribution in [0.4, 0.5) is 9.80 Å². The van der Waals surface area contributed by atoms with E-state index in [-0.39, 0.29) is 17.9 Å². The molecule has 2 amide bonds. The van der Waals surface area contributed by atoms with Gasteiger partial charge in [0.1, 0.15) is 5.60 Å². The molecule has 2 rings (SSSR count). The number of hydrogen-bond donors (Lipinski definition) is 1. The van der Waals surface area contributed by atoms with E-state index >= 15 is 0 Å². The number of rotatable bonds is 1. The maximum absolute atomic E-state index is 12.3. The van der Waals surface area contributed by atoms with Crippen LogP contribution < -0.4 is 5.32 Å². The highest BCUT2D eigenvalue weighted by Crippen LogP contribution is 2.41. The maximum atomic E-state index is 12.3. The van der Waals surface area contributed by atoms with E-state index in [4.69, 9.17) is 4.74 Å². The molecule has 0 saturated carbocycles. The quantitative estimate of drug-likeness (QED) is 0.853. The molecular weight excluding hydrogens is 300 g/mol. The Morgan fingerprint density at radius 1 is 1.36 bits per heavy atom. The zero-order chi connectivity index (χ0) is 16.7. The molecule has 1 aromatic heterocycles. The second kappa shape index (κ2) is 5.91. The van der Waals surface area contributed by atoms with E-state index in [0.29, 0.717) is 13.1 Å². The minimum absolute atomic E-state index is 0.0710. The lowest BCUT2D eigenvalue weighted by Gasteiger charge is -2.33. The maximum Gasteiger partial charge on any atom is 0.410 e. The van der Waals surface area contributed by atoms with Crippen LogP contribution in [-0.4, -0.2) is 29.0 Å². The summed E-state index contributed by atoms with van der Waals surface area (Å²) in [5.74, 6) is 0.161. The summed E-state index contributed by atoms with van der Waals surface area (Å²) in [6, 6.07) is 0. The lowest BCUT2D eigenvalue weighted by Crippen LogP contribution is -2.40. The van der Waals surface area contributed by atoms with Gasteiger partial charge < -0.3 is 15.0 Å². The van der Waals surface area contributed by atoms with Gasteiger partial charge in [-0.1, -0.05) is 6.92 Å². The van der Waals surface area contributed by atoms with Crippen molar-refractivity contribution in [3.63, 3.8) is 0 Å². The summed E-state index contributed by atoms with van der Waals surface area (Å²) in [5.41, 5.74) is 1.88. The summed E-state index contributed by atoms with van der Waals surface area (Å²) >= 11 is 1.55. The first-order valence-corrected chi connectivity index (χ1v) is 8.28. The zero-order valence-corrected chi connectivity index (χ0v) is 14.9. The van der Waals surface area contributed by atoms with Gasteiger partial charge >= 0.3 is 6.09 Å². The van der Waals surface area contributed by atoms with Crippen LogP contribution in [0.25, 0.3) is 0 Å². The fourth-order valence-electron chi connectivity index (χ4n) is 2.75. The van der Waals surface area contributed by atoms with Crippen LogP contribution in [0.15, 0.2) is 0 Å². The van der Waals surface area contributed by atoms with Crippen molar-refractivity contribution in [3.8, 4) is 0 Å². The Labute approximate surface area is 135 Å². The highest BCUT2D eigenvalue weighted by atomic mass is 32.1. The molecule has 1 unspecified atom stereocenters. The largest absolute Gasteiger partial charge is 0.444 e. The Bertz CT molecular complexity index is 601. The molecule has 22 heavy (non-hydrogen) atoms. The topological polar surface area (TPSA) is 58.6 Å². The van der Waals surface area contributed by atoms with E-state index in [1.54, 1.807) is 16.2 Å². The lowest BCUT2D eigenvalue weighted by atomic mass is 9.94. The minimum atomic E-state index is -0.493. The summed E-state index contributed by atoms with van der Waals surface area (Å²) in [6.07, 6.45) is -0.280. The molecular formula is C16H24N2O3S. The Morgan fingerprint density at radius 2 is 2.00 bits per heavy atom. The average Bonchev–Trinajstić information content (AvgIpc) is 2.63. The average molecular weight is 324 g/mol. The van der Waals surface area contributed by atoms with Crippen LogP contribution in [-0.2, 0) is 16.1 Å². The minimum Gasteiger partial charge on any atom is -0.444 e. The smallest absolute Gasteiger partial charge is 0.410 e. The predicted octanol–water partition coefficient (Wildman–Crippen LogP) is 3.87. The van der Waals surface area contributed by atoms with Crippen LogP contribution in [0.2, 0.25) is 0 Å². The van der Waals surface area contributed by atoms with Gasteiger partial charge in [-0.3, -0.25) is 4.79 Å². The number of anilines is 1. The molecule has 1 N–H and O–H groups in total. The van der Waals surface area contributed by atoms with Gasteiger partial charge in [-0.15, -0.1) is 11.3 Å². The van der Waals surface area contributed by atoms with E-state index in [0.717, 1.165) is 15.4 Å². The summed E-state index contributed by atoms with van der Waals surface area (Å²) in [7, 11) is 0. The monoisotopic (exact) mass is 324 g/mol. The van der Waals surface area contributed by atoms with Crippen molar-refractivity contribution in [2.24, 2.45) is 0 Å². The van der Waals surface area contributed by atoms with E-state index in [2.05, 4.69) is 12.2 Å². The van der Waals surface area contributed by atoms with E-state index in [1.807, 2.05) is 27.7 Å². The number of ether oxygens (including phenoxy) is 1. The van der Waals surface area contributed by atoms with Crippen LogP contribution >= 0.6 is 11.3 Å². The Kier molecular flexibility index (Phi) is 4.52. The van der Waals surface area contributed by atoms with Gasteiger partial charge in [0, 0.05) is 24.3 Å². The van der Waals surface area contributed by atoms with Crippen molar-refractivity contribution in [2.75, 3.05) is 11.9 Å². The van der Waals surface area contributed by atoms with E-state index < -0.39 is 5.60 Å². The lowest BCUT2D eigenvalue weighted by molar-refractivity contribution is -0.114. The number of carbonyl (C=O) groups is 2. The van der Waals surface area contributed by atoms with Crippen LogP contribution in [0, 0.1) is 6.92 Å². The van der Waals surface area contributed by atoms with Gasteiger partial charge in [-0.05, 0) is 38.8 Å². The van der Waals surface area contributed by atoms with Crippen molar-refractivity contribution >= 4 is 28.3 Å². The molecule has 0 bridgehead atoms. The molecule has 0 spiro atoms. The fraction of sp³-hybridized carbons (Fsp3) is 0.625. The molecule has 1 aromatic rings. The van der Waals surface area contributed by atoms with Gasteiger partial charge in [0.05, 0.1) is 11.5 Å². The molecule has 1 aliphatic rings. The molecule has 0 fully saturated rings. The van der Waals surface area contributed by atoms with Crippen molar-refractivity contribution in [2.45, 2.75) is 59.6 Å². The molecule has 0 radical (unpaired) electrons. The standard InChI is InChI=1S/C16H24N2O3S/c1-9-7-18(15(20)21-16(4,5)6)8-12-13(9)10(2)14(22-12)17-11(3)19/h9H,7-8H2,1-6H3,(H,17,19). The molecule has 5 nitrogen and oxygen atoms in total. The molecule has 122 valence electrons. The number of nitrogens with one attached hydrogen (secondary N) is 1. The second-order valence-electron chi connectivity index (χ2n) is 6.84. The van der Waals surface area contributed by atoms with Crippen LogP contribution in [0.1, 0.15) is 56.5 Å². The van der Waals surface area contributed by atoms with Crippen molar-refractivity contribution < 1.29 is 14.3 Å². The first kappa shape index (κ1) is 16.8. The molecule has 1 atom stereocenters. The van der Waals surface area contributed by atoms with Gasteiger partial charge in [0.25, 0.3) is 0 Å². The third-order valence-electron chi connectivity index (χ3n) is 3.53. The second-order valence-corrected chi connectivity index (χ2v) is 7.94. The van der Waals surface area contributed by atoms with Crippen LogP contribution in [0.5, 0.6) is 0 Å². The van der Waals surface area contributed by atoms with Gasteiger partial charge in [0.15, 0.2) is 0 Å². The van der Waals surface area contributed by atoms with Crippen molar-refractivity contribution in [1.82, 2.24) is 4.90 Å². The van der Waals surface area contributed by atoms with E-state index in [9.17, 15) is 9.59 Å². The Hall–Kier alpha value is -1.56. The van der Waals surface area contributed by atoms with Gasteiger partial charge in [0.2, 0.25) is 5.91 Å². The van der Waals surface area contributed by atoms with E-state index in [1.165, 1.54) is 12.5 Å². The Morgan fingerprint density at radius 3 is 2.55 bits per heavy atom. The molecule has 1 aliphatic heterocycles.